The Morgan fingerprint density at radius 1 is 1.40 bits per heavy atom. The van der Waals surface area contributed by atoms with Gasteiger partial charge in [0.15, 0.2) is 0 Å². The lowest BCUT2D eigenvalue weighted by Gasteiger charge is -2.47. The van der Waals surface area contributed by atoms with Crippen molar-refractivity contribution in [1.29, 1.82) is 0 Å². The first-order valence-electron chi connectivity index (χ1n) is 9.15. The van der Waals surface area contributed by atoms with E-state index in [1.807, 2.05) is 38.9 Å². The summed E-state index contributed by atoms with van der Waals surface area (Å²) in [5.41, 5.74) is 1.12. The zero-order valence-corrected chi connectivity index (χ0v) is 15.3. The predicted molar refractivity (Wildman–Crippen MR) is 91.0 cm³/mol. The summed E-state index contributed by atoms with van der Waals surface area (Å²) in [6.07, 6.45) is 5.56. The van der Waals surface area contributed by atoms with Crippen molar-refractivity contribution in [3.05, 3.63) is 29.2 Å². The van der Waals surface area contributed by atoms with E-state index < -0.39 is 5.54 Å². The summed E-state index contributed by atoms with van der Waals surface area (Å²) in [5, 5.41) is 13.0. The number of hydrogen-bond donors (Lipinski definition) is 0. The summed E-state index contributed by atoms with van der Waals surface area (Å²) in [7, 11) is 1.86. The van der Waals surface area contributed by atoms with E-state index in [4.69, 9.17) is 4.42 Å². The summed E-state index contributed by atoms with van der Waals surface area (Å²) >= 11 is 0. The Morgan fingerprint density at radius 2 is 2.20 bits per heavy atom. The first-order chi connectivity index (χ1) is 12.0. The van der Waals surface area contributed by atoms with Gasteiger partial charge in [-0.15, -0.1) is 10.2 Å². The number of aryl methyl sites for hydroxylation is 2. The van der Waals surface area contributed by atoms with Crippen molar-refractivity contribution in [1.82, 2.24) is 24.9 Å². The molecule has 0 aromatic carbocycles. The van der Waals surface area contributed by atoms with Gasteiger partial charge < -0.3 is 9.32 Å². The molecule has 0 unspecified atom stereocenters. The van der Waals surface area contributed by atoms with Gasteiger partial charge in [0, 0.05) is 25.7 Å². The van der Waals surface area contributed by atoms with Crippen LogP contribution in [-0.4, -0.2) is 37.3 Å². The topological polar surface area (TPSA) is 77.1 Å². The number of amides is 1. The van der Waals surface area contributed by atoms with Gasteiger partial charge in [0.25, 0.3) is 5.91 Å². The first kappa shape index (κ1) is 16.3. The SMILES string of the molecule is CCc1nn(C)cc1C(=O)N1CC[C@@H]2CC[C@@]21c1nnc(C(C)C)o1. The zero-order valence-electron chi connectivity index (χ0n) is 15.3. The molecule has 2 aromatic rings. The van der Waals surface area contributed by atoms with Gasteiger partial charge in [0.05, 0.1) is 11.3 Å². The highest BCUT2D eigenvalue weighted by Crippen LogP contribution is 2.57. The fourth-order valence-corrected chi connectivity index (χ4v) is 4.29. The van der Waals surface area contributed by atoms with Crippen molar-refractivity contribution < 1.29 is 9.21 Å². The zero-order chi connectivity index (χ0) is 17.8. The highest BCUT2D eigenvalue weighted by atomic mass is 16.4. The van der Waals surface area contributed by atoms with Crippen LogP contribution < -0.4 is 0 Å². The number of fused-ring (bicyclic) bond motifs is 1. The van der Waals surface area contributed by atoms with E-state index in [1.54, 1.807) is 4.68 Å². The molecule has 1 amide bonds. The number of aromatic nitrogens is 4. The van der Waals surface area contributed by atoms with Gasteiger partial charge in [-0.1, -0.05) is 20.8 Å². The molecule has 3 heterocycles. The van der Waals surface area contributed by atoms with Crippen molar-refractivity contribution >= 4 is 5.91 Å². The predicted octanol–water partition coefficient (Wildman–Crippen LogP) is 2.64. The van der Waals surface area contributed by atoms with Crippen molar-refractivity contribution in [2.45, 2.75) is 57.9 Å². The molecule has 4 rings (SSSR count). The summed E-state index contributed by atoms with van der Waals surface area (Å²) in [6.45, 7) is 6.83. The standard InChI is InChI=1S/C18H25N5O2/c1-5-14-13(10-22(4)21-14)16(24)23-9-7-12-6-8-18(12,23)17-20-19-15(25-17)11(2)3/h10-12H,5-9H2,1-4H3/t12-,18-/m0/s1. The summed E-state index contributed by atoms with van der Waals surface area (Å²) in [6, 6.07) is 0. The molecular weight excluding hydrogens is 318 g/mol. The normalized spacial score (nSPS) is 25.3. The molecule has 2 atom stereocenters. The van der Waals surface area contributed by atoms with Crippen LogP contribution in [0.25, 0.3) is 0 Å². The summed E-state index contributed by atoms with van der Waals surface area (Å²) < 4.78 is 7.71. The van der Waals surface area contributed by atoms with Crippen molar-refractivity contribution in [2.75, 3.05) is 6.54 Å². The highest BCUT2D eigenvalue weighted by molar-refractivity contribution is 5.96. The lowest BCUT2D eigenvalue weighted by molar-refractivity contribution is -0.00379. The van der Waals surface area contributed by atoms with E-state index in [0.29, 0.717) is 23.3 Å². The molecule has 7 heteroatoms. The lowest BCUT2D eigenvalue weighted by Crippen LogP contribution is -2.54. The molecule has 0 N–H and O–H groups in total. The number of hydrogen-bond acceptors (Lipinski definition) is 5. The van der Waals surface area contributed by atoms with E-state index in [2.05, 4.69) is 15.3 Å². The molecule has 2 aliphatic rings. The molecular formula is C18H25N5O2. The quantitative estimate of drug-likeness (QED) is 0.853. The van der Waals surface area contributed by atoms with Crippen LogP contribution in [0.4, 0.5) is 0 Å². The number of carbonyl (C=O) groups excluding carboxylic acids is 1. The molecule has 0 bridgehead atoms. The second-order valence-corrected chi connectivity index (χ2v) is 7.52. The molecule has 1 saturated carbocycles. The minimum absolute atomic E-state index is 0.0384. The monoisotopic (exact) mass is 343 g/mol. The van der Waals surface area contributed by atoms with E-state index in [9.17, 15) is 4.79 Å². The largest absolute Gasteiger partial charge is 0.422 e. The minimum atomic E-state index is -0.419. The molecule has 7 nitrogen and oxygen atoms in total. The van der Waals surface area contributed by atoms with Crippen LogP contribution in [0, 0.1) is 5.92 Å². The van der Waals surface area contributed by atoms with Crippen molar-refractivity contribution in [2.24, 2.45) is 13.0 Å². The third kappa shape index (κ3) is 2.24. The highest BCUT2D eigenvalue weighted by Gasteiger charge is 2.61. The Kier molecular flexibility index (Phi) is 3.70. The second-order valence-electron chi connectivity index (χ2n) is 7.52. The Morgan fingerprint density at radius 3 is 2.80 bits per heavy atom. The van der Waals surface area contributed by atoms with Crippen LogP contribution in [0.15, 0.2) is 10.6 Å². The lowest BCUT2D eigenvalue weighted by atomic mass is 9.67. The van der Waals surface area contributed by atoms with Gasteiger partial charge in [-0.25, -0.2) is 0 Å². The van der Waals surface area contributed by atoms with Crippen molar-refractivity contribution in [3.63, 3.8) is 0 Å². The molecule has 0 spiro atoms. The maximum atomic E-state index is 13.3. The molecule has 25 heavy (non-hydrogen) atoms. The Hall–Kier alpha value is -2.18. The van der Waals surface area contributed by atoms with Gasteiger partial charge in [-0.05, 0) is 31.6 Å². The third-order valence-electron chi connectivity index (χ3n) is 5.75. The van der Waals surface area contributed by atoms with Gasteiger partial charge in [0.2, 0.25) is 11.8 Å². The van der Waals surface area contributed by atoms with E-state index >= 15 is 0 Å². The van der Waals surface area contributed by atoms with Gasteiger partial charge >= 0.3 is 0 Å². The first-order valence-corrected chi connectivity index (χ1v) is 9.15. The van der Waals surface area contributed by atoms with Gasteiger partial charge in [0.1, 0.15) is 5.54 Å². The maximum Gasteiger partial charge on any atom is 0.258 e. The molecule has 0 radical (unpaired) electrons. The maximum absolute atomic E-state index is 13.3. The Bertz CT molecular complexity index is 808. The number of carbonyl (C=O) groups is 1. The van der Waals surface area contributed by atoms with Crippen LogP contribution in [0.1, 0.15) is 73.8 Å². The van der Waals surface area contributed by atoms with Crippen molar-refractivity contribution in [3.8, 4) is 0 Å². The molecule has 1 aliphatic carbocycles. The second kappa shape index (κ2) is 5.68. The van der Waals surface area contributed by atoms with E-state index in [1.165, 1.54) is 0 Å². The smallest absolute Gasteiger partial charge is 0.258 e. The molecule has 1 aliphatic heterocycles. The fraction of sp³-hybridized carbons (Fsp3) is 0.667. The average molecular weight is 343 g/mol. The Labute approximate surface area is 147 Å². The van der Waals surface area contributed by atoms with Crippen LogP contribution in [0.2, 0.25) is 0 Å². The van der Waals surface area contributed by atoms with Crippen LogP contribution in [0.3, 0.4) is 0 Å². The van der Waals surface area contributed by atoms with Crippen LogP contribution >= 0.6 is 0 Å². The number of likely N-dealkylation sites (tertiary alicyclic amines) is 1. The van der Waals surface area contributed by atoms with Gasteiger partial charge in [-0.3, -0.25) is 9.48 Å². The van der Waals surface area contributed by atoms with E-state index in [-0.39, 0.29) is 11.8 Å². The van der Waals surface area contributed by atoms with Crippen LogP contribution in [0.5, 0.6) is 0 Å². The average Bonchev–Trinajstić information content (AvgIpc) is 3.24. The molecule has 2 fully saturated rings. The Balaban J connectivity index is 1.72. The van der Waals surface area contributed by atoms with Gasteiger partial charge in [-0.2, -0.15) is 5.10 Å². The number of nitrogens with zero attached hydrogens (tertiary/aromatic N) is 5. The minimum Gasteiger partial charge on any atom is -0.422 e. The molecule has 1 saturated heterocycles. The fourth-order valence-electron chi connectivity index (χ4n) is 4.29. The molecule has 134 valence electrons. The van der Waals surface area contributed by atoms with E-state index in [0.717, 1.165) is 37.9 Å². The van der Waals surface area contributed by atoms with Crippen LogP contribution in [-0.2, 0) is 19.0 Å². The third-order valence-corrected chi connectivity index (χ3v) is 5.75. The number of rotatable bonds is 4. The molecule has 2 aromatic heterocycles. The summed E-state index contributed by atoms with van der Waals surface area (Å²) in [5.74, 6) is 1.90. The summed E-state index contributed by atoms with van der Waals surface area (Å²) in [4.78, 5) is 15.3.